The van der Waals surface area contributed by atoms with Gasteiger partial charge in [-0.05, 0) is 41.8 Å². The fraction of sp³-hybridized carbons (Fsp3) is 0.316. The maximum Gasteiger partial charge on any atom is 0.191 e. The number of hydrogen-bond donors (Lipinski definition) is 2. The van der Waals surface area contributed by atoms with Gasteiger partial charge in [-0.25, -0.2) is 0 Å². The third-order valence-electron chi connectivity index (χ3n) is 3.76. The Kier molecular flexibility index (Phi) is 9.12. The topological polar surface area (TPSA) is 54.9 Å². The number of guanidine groups is 1. The maximum atomic E-state index is 5.29. The van der Waals surface area contributed by atoms with E-state index in [9.17, 15) is 0 Å². The van der Waals surface area contributed by atoms with Crippen LogP contribution in [0.15, 0.2) is 47.5 Å². The zero-order valence-electron chi connectivity index (χ0n) is 15.1. The van der Waals surface area contributed by atoms with Gasteiger partial charge in [0.25, 0.3) is 0 Å². The van der Waals surface area contributed by atoms with Crippen LogP contribution in [0.5, 0.6) is 11.5 Å². The molecule has 6 heteroatoms. The lowest BCUT2D eigenvalue weighted by Gasteiger charge is -2.13. The summed E-state index contributed by atoms with van der Waals surface area (Å²) in [6.45, 7) is 3.44. The van der Waals surface area contributed by atoms with Crippen LogP contribution in [0.2, 0.25) is 0 Å². The molecule has 0 fully saturated rings. The second kappa shape index (κ2) is 10.8. The van der Waals surface area contributed by atoms with Crippen molar-refractivity contribution in [1.82, 2.24) is 10.6 Å². The van der Waals surface area contributed by atoms with E-state index in [1.54, 1.807) is 21.3 Å². The predicted molar refractivity (Wildman–Crippen MR) is 113 cm³/mol. The van der Waals surface area contributed by atoms with Gasteiger partial charge in [0.05, 0.1) is 14.2 Å². The van der Waals surface area contributed by atoms with E-state index >= 15 is 0 Å². The molecule has 0 saturated heterocycles. The summed E-state index contributed by atoms with van der Waals surface area (Å²) in [5.74, 6) is 2.52. The molecule has 0 bridgehead atoms. The van der Waals surface area contributed by atoms with E-state index in [2.05, 4.69) is 27.8 Å². The first-order valence-electron chi connectivity index (χ1n) is 7.87. The molecule has 0 atom stereocenters. The third kappa shape index (κ3) is 6.45. The summed E-state index contributed by atoms with van der Waals surface area (Å²) in [5.41, 5.74) is 3.47. The van der Waals surface area contributed by atoms with Crippen LogP contribution in [0.4, 0.5) is 0 Å². The number of ether oxygens (including phenoxy) is 2. The second-order valence-electron chi connectivity index (χ2n) is 5.43. The lowest BCUT2D eigenvalue weighted by Crippen LogP contribution is -2.36. The molecule has 2 aromatic rings. The Labute approximate surface area is 166 Å². The molecular formula is C19H26IN3O2. The van der Waals surface area contributed by atoms with Crippen molar-refractivity contribution in [3.63, 3.8) is 0 Å². The molecule has 2 N–H and O–H groups in total. The highest BCUT2D eigenvalue weighted by molar-refractivity contribution is 14.0. The van der Waals surface area contributed by atoms with Crippen molar-refractivity contribution in [3.8, 4) is 11.5 Å². The number of rotatable bonds is 6. The molecular weight excluding hydrogens is 429 g/mol. The van der Waals surface area contributed by atoms with E-state index in [1.165, 1.54) is 11.1 Å². The van der Waals surface area contributed by atoms with Crippen molar-refractivity contribution < 1.29 is 9.47 Å². The van der Waals surface area contributed by atoms with Crippen molar-refractivity contribution in [3.05, 3.63) is 59.2 Å². The molecule has 0 radical (unpaired) electrons. The molecule has 2 rings (SSSR count). The molecule has 25 heavy (non-hydrogen) atoms. The van der Waals surface area contributed by atoms with Crippen molar-refractivity contribution >= 4 is 29.9 Å². The van der Waals surface area contributed by atoms with Crippen LogP contribution < -0.4 is 20.1 Å². The minimum atomic E-state index is 0. The molecule has 0 heterocycles. The van der Waals surface area contributed by atoms with Crippen molar-refractivity contribution in [1.29, 1.82) is 0 Å². The summed E-state index contributed by atoms with van der Waals surface area (Å²) in [6, 6.07) is 14.1. The highest BCUT2D eigenvalue weighted by Crippen LogP contribution is 2.18. The third-order valence-corrected chi connectivity index (χ3v) is 3.76. The molecule has 0 unspecified atom stereocenters. The van der Waals surface area contributed by atoms with Gasteiger partial charge in [-0.1, -0.05) is 24.3 Å². The average Bonchev–Trinajstić information content (AvgIpc) is 2.62. The van der Waals surface area contributed by atoms with Crippen LogP contribution in [-0.4, -0.2) is 27.2 Å². The van der Waals surface area contributed by atoms with Gasteiger partial charge < -0.3 is 20.1 Å². The summed E-state index contributed by atoms with van der Waals surface area (Å²) in [4.78, 5) is 4.25. The van der Waals surface area contributed by atoms with E-state index in [4.69, 9.17) is 9.47 Å². The number of aliphatic imine (C=N–C) groups is 1. The first kappa shape index (κ1) is 21.1. The van der Waals surface area contributed by atoms with Gasteiger partial charge >= 0.3 is 0 Å². The highest BCUT2D eigenvalue weighted by atomic mass is 127. The summed E-state index contributed by atoms with van der Waals surface area (Å²) < 4.78 is 10.4. The fourth-order valence-electron chi connectivity index (χ4n) is 2.39. The number of hydrogen-bond acceptors (Lipinski definition) is 3. The van der Waals surface area contributed by atoms with Gasteiger partial charge in [-0.15, -0.1) is 24.0 Å². The Balaban J connectivity index is 0.00000312. The molecule has 0 aliphatic rings. The Morgan fingerprint density at radius 3 is 2.04 bits per heavy atom. The predicted octanol–water partition coefficient (Wildman–Crippen LogP) is 3.50. The monoisotopic (exact) mass is 455 g/mol. The smallest absolute Gasteiger partial charge is 0.191 e. The molecule has 0 saturated carbocycles. The Morgan fingerprint density at radius 1 is 0.920 bits per heavy atom. The largest absolute Gasteiger partial charge is 0.497 e. The van der Waals surface area contributed by atoms with Crippen LogP contribution in [0.3, 0.4) is 0 Å². The van der Waals surface area contributed by atoms with Crippen LogP contribution in [0.25, 0.3) is 0 Å². The number of nitrogens with one attached hydrogen (secondary N) is 2. The average molecular weight is 455 g/mol. The highest BCUT2D eigenvalue weighted by Gasteiger charge is 2.02. The van der Waals surface area contributed by atoms with Gasteiger partial charge in [0.1, 0.15) is 11.5 Å². The summed E-state index contributed by atoms with van der Waals surface area (Å²) in [7, 11) is 5.12. The van der Waals surface area contributed by atoms with E-state index in [-0.39, 0.29) is 24.0 Å². The lowest BCUT2D eigenvalue weighted by molar-refractivity contribution is 0.411. The van der Waals surface area contributed by atoms with Crippen molar-refractivity contribution in [2.75, 3.05) is 21.3 Å². The van der Waals surface area contributed by atoms with E-state index < -0.39 is 0 Å². The Bertz CT molecular complexity index is 688. The number of aryl methyl sites for hydroxylation is 1. The van der Waals surface area contributed by atoms with Gasteiger partial charge in [-0.3, -0.25) is 4.99 Å². The van der Waals surface area contributed by atoms with Crippen LogP contribution in [-0.2, 0) is 13.1 Å². The summed E-state index contributed by atoms with van der Waals surface area (Å²) in [6.07, 6.45) is 0. The number of nitrogens with zero attached hydrogens (tertiary/aromatic N) is 1. The molecule has 2 aromatic carbocycles. The minimum Gasteiger partial charge on any atom is -0.497 e. The van der Waals surface area contributed by atoms with Crippen molar-refractivity contribution in [2.45, 2.75) is 20.0 Å². The molecule has 5 nitrogen and oxygen atoms in total. The normalized spacial score (nSPS) is 10.6. The van der Waals surface area contributed by atoms with Crippen LogP contribution in [0.1, 0.15) is 16.7 Å². The number of methoxy groups -OCH3 is 2. The zero-order valence-corrected chi connectivity index (χ0v) is 17.5. The molecule has 0 aromatic heterocycles. The SMILES string of the molecule is CN=C(NCc1ccc(OC)cc1)NCc1ccc(OC)c(C)c1.I. The first-order chi connectivity index (χ1) is 11.7. The van der Waals surface area contributed by atoms with E-state index in [0.29, 0.717) is 13.1 Å². The Morgan fingerprint density at radius 2 is 1.52 bits per heavy atom. The molecule has 0 aliphatic carbocycles. The minimum absolute atomic E-state index is 0. The maximum absolute atomic E-state index is 5.29. The van der Waals surface area contributed by atoms with Gasteiger partial charge in [0, 0.05) is 20.1 Å². The zero-order chi connectivity index (χ0) is 17.4. The fourth-order valence-corrected chi connectivity index (χ4v) is 2.39. The van der Waals surface area contributed by atoms with Gasteiger partial charge in [0.2, 0.25) is 0 Å². The second-order valence-corrected chi connectivity index (χ2v) is 5.43. The first-order valence-corrected chi connectivity index (χ1v) is 7.87. The molecule has 0 spiro atoms. The van der Waals surface area contributed by atoms with Crippen molar-refractivity contribution in [2.24, 2.45) is 4.99 Å². The molecule has 0 aliphatic heterocycles. The standard InChI is InChI=1S/C19H25N3O2.HI/c1-14-11-16(7-10-18(14)24-4)13-22-19(20-2)21-12-15-5-8-17(23-3)9-6-15;/h5-11H,12-13H2,1-4H3,(H2,20,21,22);1H. The van der Waals surface area contributed by atoms with Gasteiger partial charge in [0.15, 0.2) is 5.96 Å². The van der Waals surface area contributed by atoms with E-state index in [1.807, 2.05) is 37.3 Å². The molecule has 0 amide bonds. The quantitative estimate of drug-likeness (QED) is 0.398. The molecule has 136 valence electrons. The van der Waals surface area contributed by atoms with E-state index in [0.717, 1.165) is 23.0 Å². The van der Waals surface area contributed by atoms with Crippen LogP contribution in [0, 0.1) is 6.92 Å². The lowest BCUT2D eigenvalue weighted by atomic mass is 10.1. The van der Waals surface area contributed by atoms with Crippen LogP contribution >= 0.6 is 24.0 Å². The number of halogens is 1. The Hall–Kier alpha value is -1.96. The summed E-state index contributed by atoms with van der Waals surface area (Å²) in [5, 5.41) is 6.62. The number of benzene rings is 2. The summed E-state index contributed by atoms with van der Waals surface area (Å²) >= 11 is 0. The van der Waals surface area contributed by atoms with Gasteiger partial charge in [-0.2, -0.15) is 0 Å².